The minimum absolute atomic E-state index is 0.0672. The molecule has 2 aromatic carbocycles. The molecule has 1 N–H and O–H groups in total. The second-order valence-corrected chi connectivity index (χ2v) is 6.35. The number of nitro groups is 1. The number of likely N-dealkylation sites (N-methyl/N-ethyl adjacent to an activating group) is 1. The van der Waals surface area contributed by atoms with Crippen molar-refractivity contribution in [3.05, 3.63) is 62.1 Å². The molecule has 8 heteroatoms. The van der Waals surface area contributed by atoms with Crippen molar-refractivity contribution < 1.29 is 9.72 Å². The molecule has 25 heavy (non-hydrogen) atoms. The molecule has 0 aliphatic rings. The molecule has 128 valence electrons. The lowest BCUT2D eigenvalue weighted by atomic mass is 10.1. The summed E-state index contributed by atoms with van der Waals surface area (Å²) in [6.45, 7) is 1.80. The minimum atomic E-state index is -0.566. The zero-order valence-electron chi connectivity index (χ0n) is 13.6. The third-order valence-electron chi connectivity index (χ3n) is 3.56. The molecule has 0 saturated heterocycles. The number of benzene rings is 2. The second-order valence-electron chi connectivity index (χ2n) is 5.44. The molecule has 0 unspecified atom stereocenters. The number of amides is 1. The Labute approximate surface area is 153 Å². The van der Waals surface area contributed by atoms with Crippen molar-refractivity contribution in [2.45, 2.75) is 6.92 Å². The summed E-state index contributed by atoms with van der Waals surface area (Å²) >= 11 is 3.36. The lowest BCUT2D eigenvalue weighted by Crippen LogP contribution is -2.30. The highest BCUT2D eigenvalue weighted by Crippen LogP contribution is 2.28. The zero-order valence-corrected chi connectivity index (χ0v) is 15.2. The Bertz CT molecular complexity index is 877. The number of hydrogen-bond acceptors (Lipinski definition) is 5. The van der Waals surface area contributed by atoms with Gasteiger partial charge in [-0.1, -0.05) is 15.9 Å². The number of carbonyl (C=O) groups excluding carboxylic acids is 1. The van der Waals surface area contributed by atoms with Gasteiger partial charge in [-0.3, -0.25) is 14.9 Å². The van der Waals surface area contributed by atoms with E-state index in [9.17, 15) is 14.9 Å². The first-order valence-electron chi connectivity index (χ1n) is 7.27. The highest BCUT2D eigenvalue weighted by atomic mass is 79.9. The molecular weight excluding hydrogens is 388 g/mol. The van der Waals surface area contributed by atoms with Crippen LogP contribution in [0.1, 0.15) is 11.1 Å². The fourth-order valence-electron chi connectivity index (χ4n) is 2.32. The van der Waals surface area contributed by atoms with E-state index < -0.39 is 4.92 Å². The van der Waals surface area contributed by atoms with Crippen molar-refractivity contribution in [3.8, 4) is 6.07 Å². The first-order valence-corrected chi connectivity index (χ1v) is 8.07. The van der Waals surface area contributed by atoms with Crippen LogP contribution in [-0.2, 0) is 4.79 Å². The van der Waals surface area contributed by atoms with Gasteiger partial charge in [0.05, 0.1) is 23.1 Å². The Morgan fingerprint density at radius 2 is 2.08 bits per heavy atom. The number of hydrogen-bond donors (Lipinski definition) is 1. The van der Waals surface area contributed by atoms with E-state index >= 15 is 0 Å². The van der Waals surface area contributed by atoms with Crippen LogP contribution in [0.3, 0.4) is 0 Å². The van der Waals surface area contributed by atoms with E-state index in [0.29, 0.717) is 5.69 Å². The number of nitriles is 1. The van der Waals surface area contributed by atoms with Gasteiger partial charge in [-0.15, -0.1) is 0 Å². The Kier molecular flexibility index (Phi) is 5.72. The summed E-state index contributed by atoms with van der Waals surface area (Å²) in [5, 5.41) is 22.9. The van der Waals surface area contributed by atoms with Crippen LogP contribution in [0.4, 0.5) is 17.1 Å². The first-order chi connectivity index (χ1) is 11.8. The maximum atomic E-state index is 12.3. The van der Waals surface area contributed by atoms with Crippen LogP contribution in [0.2, 0.25) is 0 Å². The SMILES string of the molecule is Cc1cc(Br)ccc1NC(=O)CN(C)c1ccc(C#N)cc1[N+](=O)[O-]. The molecule has 2 aromatic rings. The summed E-state index contributed by atoms with van der Waals surface area (Å²) < 4.78 is 0.910. The summed E-state index contributed by atoms with van der Waals surface area (Å²) in [7, 11) is 1.59. The lowest BCUT2D eigenvalue weighted by Gasteiger charge is -2.19. The van der Waals surface area contributed by atoms with Crippen LogP contribution in [0.5, 0.6) is 0 Å². The molecule has 0 saturated carbocycles. The third-order valence-corrected chi connectivity index (χ3v) is 4.05. The Hall–Kier alpha value is -2.92. The molecule has 0 aromatic heterocycles. The van der Waals surface area contributed by atoms with Crippen molar-refractivity contribution in [1.82, 2.24) is 0 Å². The maximum Gasteiger partial charge on any atom is 0.293 e. The molecule has 0 aliphatic heterocycles. The average molecular weight is 403 g/mol. The molecule has 0 bridgehead atoms. The number of carbonyl (C=O) groups is 1. The summed E-state index contributed by atoms with van der Waals surface area (Å²) in [5.74, 6) is -0.299. The van der Waals surface area contributed by atoms with Crippen LogP contribution in [-0.4, -0.2) is 24.4 Å². The van der Waals surface area contributed by atoms with E-state index in [1.807, 2.05) is 25.1 Å². The van der Waals surface area contributed by atoms with Gasteiger partial charge in [-0.25, -0.2) is 0 Å². The van der Waals surface area contributed by atoms with Crippen molar-refractivity contribution in [2.75, 3.05) is 23.8 Å². The number of nitro benzene ring substituents is 1. The third kappa shape index (κ3) is 4.55. The Morgan fingerprint density at radius 1 is 1.36 bits per heavy atom. The fourth-order valence-corrected chi connectivity index (χ4v) is 2.80. The van der Waals surface area contributed by atoms with Crippen LogP contribution < -0.4 is 10.2 Å². The number of rotatable bonds is 5. The molecule has 0 radical (unpaired) electrons. The predicted octanol–water partition coefficient (Wildman–Crippen LogP) is 3.61. The van der Waals surface area contributed by atoms with Gasteiger partial charge >= 0.3 is 0 Å². The standard InChI is InChI=1S/C17H15BrN4O3/c1-11-7-13(18)4-5-14(11)20-17(23)10-21(2)15-6-3-12(9-19)8-16(15)22(24)25/h3-8H,10H2,1-2H3,(H,20,23). The van der Waals surface area contributed by atoms with Gasteiger partial charge < -0.3 is 10.2 Å². The quantitative estimate of drug-likeness (QED) is 0.607. The highest BCUT2D eigenvalue weighted by molar-refractivity contribution is 9.10. The summed E-state index contributed by atoms with van der Waals surface area (Å²) in [6, 6.07) is 11.5. The highest BCUT2D eigenvalue weighted by Gasteiger charge is 2.20. The molecule has 0 fully saturated rings. The number of nitrogens with zero attached hydrogens (tertiary/aromatic N) is 3. The molecule has 1 amide bonds. The zero-order chi connectivity index (χ0) is 18.6. The van der Waals surface area contributed by atoms with Crippen molar-refractivity contribution in [2.24, 2.45) is 0 Å². The predicted molar refractivity (Wildman–Crippen MR) is 98.6 cm³/mol. The number of anilines is 2. The molecular formula is C17H15BrN4O3. The fraction of sp³-hybridized carbons (Fsp3) is 0.176. The number of nitrogens with one attached hydrogen (secondary N) is 1. The van der Waals surface area contributed by atoms with Crippen LogP contribution >= 0.6 is 15.9 Å². The van der Waals surface area contributed by atoms with Gasteiger partial charge in [0.15, 0.2) is 0 Å². The van der Waals surface area contributed by atoms with Gasteiger partial charge in [-0.05, 0) is 42.8 Å². The monoisotopic (exact) mass is 402 g/mol. The smallest absolute Gasteiger partial charge is 0.293 e. The van der Waals surface area contributed by atoms with E-state index in [2.05, 4.69) is 21.2 Å². The topological polar surface area (TPSA) is 99.3 Å². The summed E-state index contributed by atoms with van der Waals surface area (Å²) in [5.41, 5.74) is 1.82. The summed E-state index contributed by atoms with van der Waals surface area (Å²) in [6.07, 6.45) is 0. The van der Waals surface area contributed by atoms with Crippen LogP contribution in [0, 0.1) is 28.4 Å². The van der Waals surface area contributed by atoms with Crippen molar-refractivity contribution >= 4 is 38.9 Å². The van der Waals surface area contributed by atoms with Crippen LogP contribution in [0.25, 0.3) is 0 Å². The Morgan fingerprint density at radius 3 is 2.68 bits per heavy atom. The molecule has 0 atom stereocenters. The lowest BCUT2D eigenvalue weighted by molar-refractivity contribution is -0.384. The van der Waals surface area contributed by atoms with Gasteiger partial charge in [0, 0.05) is 23.3 Å². The average Bonchev–Trinajstić information content (AvgIpc) is 2.56. The molecule has 0 heterocycles. The molecule has 0 aliphatic carbocycles. The van der Waals surface area contributed by atoms with E-state index in [1.54, 1.807) is 13.1 Å². The van der Waals surface area contributed by atoms with Gasteiger partial charge in [0.1, 0.15) is 5.69 Å². The largest absolute Gasteiger partial charge is 0.360 e. The van der Waals surface area contributed by atoms with E-state index in [1.165, 1.54) is 23.1 Å². The number of halogens is 1. The normalized spacial score (nSPS) is 10.0. The minimum Gasteiger partial charge on any atom is -0.360 e. The van der Waals surface area contributed by atoms with E-state index in [0.717, 1.165) is 10.0 Å². The maximum absolute atomic E-state index is 12.3. The summed E-state index contributed by atoms with van der Waals surface area (Å²) in [4.78, 5) is 24.4. The second kappa shape index (κ2) is 7.77. The van der Waals surface area contributed by atoms with Crippen molar-refractivity contribution in [1.29, 1.82) is 5.26 Å². The van der Waals surface area contributed by atoms with Gasteiger partial charge in [-0.2, -0.15) is 5.26 Å². The van der Waals surface area contributed by atoms with Gasteiger partial charge in [0.25, 0.3) is 5.69 Å². The molecule has 0 spiro atoms. The molecule has 2 rings (SSSR count). The number of aryl methyl sites for hydroxylation is 1. The first kappa shape index (κ1) is 18.4. The van der Waals surface area contributed by atoms with E-state index in [-0.39, 0.29) is 29.4 Å². The Balaban J connectivity index is 2.16. The molecule has 7 nitrogen and oxygen atoms in total. The van der Waals surface area contributed by atoms with E-state index in [4.69, 9.17) is 5.26 Å². The van der Waals surface area contributed by atoms with Gasteiger partial charge in [0.2, 0.25) is 5.91 Å². The van der Waals surface area contributed by atoms with Crippen molar-refractivity contribution in [3.63, 3.8) is 0 Å². The van der Waals surface area contributed by atoms with Crippen LogP contribution in [0.15, 0.2) is 40.9 Å².